The largest absolute Gasteiger partial charge is 0.493 e. The molecule has 2 aromatic carbocycles. The molecule has 0 N–H and O–H groups in total. The van der Waals surface area contributed by atoms with Crippen LogP contribution in [0.3, 0.4) is 0 Å². The molecule has 2 fully saturated rings. The molecular formula is C23H25NO4. The standard InChI is InChI=1S/C23H25NO4/c1-16(19-8-5-9-21(13-19)27-14-18-10-11-18)22(25)24-20(15-28-23(24)26)12-17-6-3-2-4-7-17/h2-9,13,16,18,20H,10-12,14-15H2,1H3/t16-,20-/m1/s1. The summed E-state index contributed by atoms with van der Waals surface area (Å²) < 4.78 is 11.0. The summed E-state index contributed by atoms with van der Waals surface area (Å²) in [7, 11) is 0. The first-order chi connectivity index (χ1) is 13.6. The summed E-state index contributed by atoms with van der Waals surface area (Å²) in [4.78, 5) is 26.7. The lowest BCUT2D eigenvalue weighted by atomic mass is 9.98. The average molecular weight is 379 g/mol. The van der Waals surface area contributed by atoms with Gasteiger partial charge in [0.05, 0.1) is 18.6 Å². The Hall–Kier alpha value is -2.82. The molecule has 1 saturated heterocycles. The minimum atomic E-state index is -0.557. The predicted octanol–water partition coefficient (Wildman–Crippen LogP) is 4.17. The molecule has 1 aliphatic heterocycles. The highest BCUT2D eigenvalue weighted by atomic mass is 16.6. The quantitative estimate of drug-likeness (QED) is 0.725. The Kier molecular flexibility index (Phi) is 5.33. The molecule has 0 radical (unpaired) electrons. The van der Waals surface area contributed by atoms with E-state index in [0.29, 0.717) is 12.3 Å². The monoisotopic (exact) mass is 379 g/mol. The third-order valence-corrected chi connectivity index (χ3v) is 5.42. The van der Waals surface area contributed by atoms with Gasteiger partial charge in [-0.1, -0.05) is 42.5 Å². The Labute approximate surface area is 165 Å². The summed E-state index contributed by atoms with van der Waals surface area (Å²) in [6.45, 7) is 2.79. The molecule has 1 saturated carbocycles. The second-order valence-corrected chi connectivity index (χ2v) is 7.68. The molecule has 1 heterocycles. The number of ether oxygens (including phenoxy) is 2. The fraction of sp³-hybridized carbons (Fsp3) is 0.391. The van der Waals surface area contributed by atoms with Gasteiger partial charge in [0, 0.05) is 0 Å². The second-order valence-electron chi connectivity index (χ2n) is 7.68. The molecule has 2 aromatic rings. The lowest BCUT2D eigenvalue weighted by Crippen LogP contribution is -2.42. The first-order valence-corrected chi connectivity index (χ1v) is 9.88. The maximum absolute atomic E-state index is 13.1. The first-order valence-electron chi connectivity index (χ1n) is 9.88. The van der Waals surface area contributed by atoms with Gasteiger partial charge in [-0.15, -0.1) is 0 Å². The molecule has 0 spiro atoms. The van der Waals surface area contributed by atoms with Crippen molar-refractivity contribution in [1.29, 1.82) is 0 Å². The van der Waals surface area contributed by atoms with E-state index in [4.69, 9.17) is 9.47 Å². The number of hydrogen-bond donors (Lipinski definition) is 0. The number of carbonyl (C=O) groups excluding carboxylic acids is 2. The van der Waals surface area contributed by atoms with Crippen molar-refractivity contribution in [2.24, 2.45) is 5.92 Å². The first kappa shape index (κ1) is 18.5. The van der Waals surface area contributed by atoms with E-state index in [1.807, 2.05) is 61.5 Å². The van der Waals surface area contributed by atoms with Crippen LogP contribution in [0.1, 0.15) is 36.8 Å². The Morgan fingerprint density at radius 2 is 1.96 bits per heavy atom. The zero-order valence-corrected chi connectivity index (χ0v) is 16.0. The average Bonchev–Trinajstić information content (AvgIpc) is 3.49. The van der Waals surface area contributed by atoms with Gasteiger partial charge in [-0.25, -0.2) is 9.69 Å². The number of benzene rings is 2. The van der Waals surface area contributed by atoms with E-state index in [9.17, 15) is 9.59 Å². The summed E-state index contributed by atoms with van der Waals surface area (Å²) in [5.74, 6) is 0.755. The van der Waals surface area contributed by atoms with Gasteiger partial charge < -0.3 is 9.47 Å². The van der Waals surface area contributed by atoms with E-state index in [-0.39, 0.29) is 18.6 Å². The Morgan fingerprint density at radius 1 is 1.18 bits per heavy atom. The van der Waals surface area contributed by atoms with Crippen molar-refractivity contribution in [2.75, 3.05) is 13.2 Å². The van der Waals surface area contributed by atoms with Crippen LogP contribution in [-0.4, -0.2) is 36.2 Å². The Balaban J connectivity index is 1.46. The van der Waals surface area contributed by atoms with E-state index in [0.717, 1.165) is 23.5 Å². The van der Waals surface area contributed by atoms with Gasteiger partial charge in [-0.05, 0) is 55.4 Å². The Morgan fingerprint density at radius 3 is 2.71 bits per heavy atom. The van der Waals surface area contributed by atoms with Crippen molar-refractivity contribution >= 4 is 12.0 Å². The summed E-state index contributed by atoms with van der Waals surface area (Å²) in [6, 6.07) is 17.2. The Bertz CT molecular complexity index is 847. The van der Waals surface area contributed by atoms with Crippen molar-refractivity contribution < 1.29 is 19.1 Å². The molecule has 0 aromatic heterocycles. The van der Waals surface area contributed by atoms with Crippen molar-refractivity contribution in [3.63, 3.8) is 0 Å². The van der Waals surface area contributed by atoms with E-state index in [1.54, 1.807) is 0 Å². The summed E-state index contributed by atoms with van der Waals surface area (Å²) in [5, 5.41) is 0. The highest BCUT2D eigenvalue weighted by molar-refractivity contribution is 5.97. The zero-order valence-electron chi connectivity index (χ0n) is 16.0. The van der Waals surface area contributed by atoms with Gasteiger partial charge in [-0.2, -0.15) is 0 Å². The van der Waals surface area contributed by atoms with Crippen molar-refractivity contribution in [1.82, 2.24) is 4.90 Å². The van der Waals surface area contributed by atoms with Crippen LogP contribution in [0.25, 0.3) is 0 Å². The normalized spacial score (nSPS) is 20.0. The van der Waals surface area contributed by atoms with Crippen LogP contribution >= 0.6 is 0 Å². The third kappa shape index (κ3) is 4.19. The molecule has 2 atom stereocenters. The van der Waals surface area contributed by atoms with Crippen LogP contribution in [0.2, 0.25) is 0 Å². The summed E-state index contributed by atoms with van der Waals surface area (Å²) >= 11 is 0. The summed E-state index contributed by atoms with van der Waals surface area (Å²) in [5.41, 5.74) is 1.92. The minimum absolute atomic E-state index is 0.233. The number of rotatable bonds is 7. The zero-order chi connectivity index (χ0) is 19.5. The van der Waals surface area contributed by atoms with Crippen LogP contribution in [0.15, 0.2) is 54.6 Å². The number of carbonyl (C=O) groups is 2. The highest BCUT2D eigenvalue weighted by Gasteiger charge is 2.40. The number of nitrogens with zero attached hydrogens (tertiary/aromatic N) is 1. The highest BCUT2D eigenvalue weighted by Crippen LogP contribution is 2.31. The van der Waals surface area contributed by atoms with Crippen LogP contribution in [-0.2, 0) is 16.0 Å². The fourth-order valence-corrected chi connectivity index (χ4v) is 3.49. The van der Waals surface area contributed by atoms with Gasteiger partial charge >= 0.3 is 6.09 Å². The maximum atomic E-state index is 13.1. The van der Waals surface area contributed by atoms with Crippen molar-refractivity contribution in [2.45, 2.75) is 38.1 Å². The fourth-order valence-electron chi connectivity index (χ4n) is 3.49. The van der Waals surface area contributed by atoms with Crippen LogP contribution in [0, 0.1) is 5.92 Å². The van der Waals surface area contributed by atoms with Crippen molar-refractivity contribution in [3.05, 3.63) is 65.7 Å². The van der Waals surface area contributed by atoms with Gasteiger partial charge in [0.1, 0.15) is 12.4 Å². The SMILES string of the molecule is C[C@@H](C(=O)N1C(=O)OC[C@H]1Cc1ccccc1)c1cccc(OCC2CC2)c1. The molecular weight excluding hydrogens is 354 g/mol. The van der Waals surface area contributed by atoms with Crippen molar-refractivity contribution in [3.8, 4) is 5.75 Å². The number of hydrogen-bond acceptors (Lipinski definition) is 4. The molecule has 5 heteroatoms. The lowest BCUT2D eigenvalue weighted by Gasteiger charge is -2.23. The third-order valence-electron chi connectivity index (χ3n) is 5.42. The van der Waals surface area contributed by atoms with E-state index in [2.05, 4.69) is 0 Å². The molecule has 0 unspecified atom stereocenters. The molecule has 28 heavy (non-hydrogen) atoms. The van der Waals surface area contributed by atoms with Crippen LogP contribution in [0.4, 0.5) is 4.79 Å². The number of amides is 2. The molecule has 5 nitrogen and oxygen atoms in total. The van der Waals surface area contributed by atoms with Gasteiger partial charge in [0.2, 0.25) is 5.91 Å². The minimum Gasteiger partial charge on any atom is -0.493 e. The predicted molar refractivity (Wildman–Crippen MR) is 105 cm³/mol. The van der Waals surface area contributed by atoms with E-state index < -0.39 is 12.0 Å². The van der Waals surface area contributed by atoms with Gasteiger partial charge in [-0.3, -0.25) is 4.79 Å². The number of cyclic esters (lactones) is 1. The molecule has 1 aliphatic carbocycles. The smallest absolute Gasteiger partial charge is 0.417 e. The molecule has 2 aliphatic rings. The topological polar surface area (TPSA) is 55.8 Å². The maximum Gasteiger partial charge on any atom is 0.417 e. The molecule has 146 valence electrons. The lowest BCUT2D eigenvalue weighted by molar-refractivity contribution is -0.130. The van der Waals surface area contributed by atoms with Gasteiger partial charge in [0.15, 0.2) is 0 Å². The molecule has 0 bridgehead atoms. The molecule has 2 amide bonds. The van der Waals surface area contributed by atoms with E-state index >= 15 is 0 Å². The number of imide groups is 1. The van der Waals surface area contributed by atoms with Crippen LogP contribution < -0.4 is 4.74 Å². The molecule has 4 rings (SSSR count). The van der Waals surface area contributed by atoms with E-state index in [1.165, 1.54) is 17.7 Å². The second kappa shape index (κ2) is 8.05. The summed E-state index contributed by atoms with van der Waals surface area (Å²) in [6.07, 6.45) is 2.50. The van der Waals surface area contributed by atoms with Crippen LogP contribution in [0.5, 0.6) is 5.75 Å². The van der Waals surface area contributed by atoms with Gasteiger partial charge in [0.25, 0.3) is 0 Å².